The zero-order valence-corrected chi connectivity index (χ0v) is 9.53. The van der Waals surface area contributed by atoms with Crippen LogP contribution in [0.4, 0.5) is 0 Å². The van der Waals surface area contributed by atoms with E-state index in [2.05, 4.69) is 15.0 Å². The van der Waals surface area contributed by atoms with Gasteiger partial charge >= 0.3 is 0 Å². The molecule has 0 aromatic carbocycles. The third-order valence-electron chi connectivity index (χ3n) is 2.45. The highest BCUT2D eigenvalue weighted by Gasteiger charge is 2.07. The summed E-state index contributed by atoms with van der Waals surface area (Å²) in [4.78, 5) is 22.8. The highest BCUT2D eigenvalue weighted by molar-refractivity contribution is 5.61. The molecule has 0 atom stereocenters. The molecule has 2 aromatic rings. The van der Waals surface area contributed by atoms with Crippen LogP contribution in [0, 0.1) is 20.8 Å². The van der Waals surface area contributed by atoms with Gasteiger partial charge in [0, 0.05) is 23.0 Å². The highest BCUT2D eigenvalue weighted by atomic mass is 16.1. The number of aryl methyl sites for hydroxylation is 2. The zero-order chi connectivity index (χ0) is 11.7. The predicted octanol–water partition coefficient (Wildman–Crippen LogP) is 1.76. The standard InChI is InChI=1S/C12H13N3O/c1-7-4-5-10(6-13-7)11-8(2)12(16)15-9(3)14-11/h4-6H,1-3H3,(H,14,15,16). The number of hydrogen-bond donors (Lipinski definition) is 1. The van der Waals surface area contributed by atoms with E-state index in [1.54, 1.807) is 20.0 Å². The molecule has 2 heterocycles. The number of rotatable bonds is 1. The molecule has 0 fully saturated rings. The molecule has 2 rings (SSSR count). The highest BCUT2D eigenvalue weighted by Crippen LogP contribution is 2.17. The quantitative estimate of drug-likeness (QED) is 0.788. The Morgan fingerprint density at radius 2 is 1.94 bits per heavy atom. The molecule has 0 radical (unpaired) electrons. The Kier molecular flexibility index (Phi) is 2.56. The lowest BCUT2D eigenvalue weighted by Crippen LogP contribution is -2.14. The van der Waals surface area contributed by atoms with Crippen molar-refractivity contribution in [2.75, 3.05) is 0 Å². The number of aromatic amines is 1. The molecule has 82 valence electrons. The van der Waals surface area contributed by atoms with Crippen molar-refractivity contribution in [1.82, 2.24) is 15.0 Å². The van der Waals surface area contributed by atoms with Gasteiger partial charge in [0.15, 0.2) is 0 Å². The lowest BCUT2D eigenvalue weighted by atomic mass is 10.1. The number of H-pyrrole nitrogens is 1. The topological polar surface area (TPSA) is 58.6 Å². The molecule has 0 aliphatic carbocycles. The molecule has 1 N–H and O–H groups in total. The van der Waals surface area contributed by atoms with Gasteiger partial charge in [0.2, 0.25) is 0 Å². The van der Waals surface area contributed by atoms with E-state index in [9.17, 15) is 4.79 Å². The van der Waals surface area contributed by atoms with Crippen LogP contribution in [-0.2, 0) is 0 Å². The Morgan fingerprint density at radius 3 is 2.56 bits per heavy atom. The second-order valence-corrected chi connectivity index (χ2v) is 3.81. The van der Waals surface area contributed by atoms with Crippen LogP contribution in [0.15, 0.2) is 23.1 Å². The van der Waals surface area contributed by atoms with E-state index in [4.69, 9.17) is 0 Å². The maximum absolute atomic E-state index is 11.6. The first-order valence-corrected chi connectivity index (χ1v) is 5.08. The van der Waals surface area contributed by atoms with E-state index in [0.717, 1.165) is 11.3 Å². The molecular formula is C12H13N3O. The van der Waals surface area contributed by atoms with Crippen molar-refractivity contribution in [3.05, 3.63) is 45.8 Å². The summed E-state index contributed by atoms with van der Waals surface area (Å²) in [5.74, 6) is 0.617. The molecule has 0 bridgehead atoms. The summed E-state index contributed by atoms with van der Waals surface area (Å²) < 4.78 is 0. The lowest BCUT2D eigenvalue weighted by Gasteiger charge is -2.05. The summed E-state index contributed by atoms with van der Waals surface area (Å²) in [6.07, 6.45) is 1.74. The SMILES string of the molecule is Cc1ccc(-c2nc(C)[nH]c(=O)c2C)cn1. The molecule has 0 aliphatic heterocycles. The van der Waals surface area contributed by atoms with Gasteiger partial charge < -0.3 is 4.98 Å². The number of hydrogen-bond acceptors (Lipinski definition) is 3. The second-order valence-electron chi connectivity index (χ2n) is 3.81. The molecule has 0 saturated carbocycles. The van der Waals surface area contributed by atoms with E-state index in [0.29, 0.717) is 17.1 Å². The Hall–Kier alpha value is -1.97. The minimum atomic E-state index is -0.0944. The number of pyridine rings is 1. The Morgan fingerprint density at radius 1 is 1.19 bits per heavy atom. The normalized spacial score (nSPS) is 10.4. The van der Waals surface area contributed by atoms with Gasteiger partial charge in [0.1, 0.15) is 5.82 Å². The summed E-state index contributed by atoms with van der Waals surface area (Å²) in [6.45, 7) is 5.46. The molecule has 0 saturated heterocycles. The van der Waals surface area contributed by atoms with Crippen LogP contribution in [0.5, 0.6) is 0 Å². The average Bonchev–Trinajstić information content (AvgIpc) is 2.25. The molecular weight excluding hydrogens is 202 g/mol. The molecule has 2 aromatic heterocycles. The second kappa shape index (κ2) is 3.89. The molecule has 4 nitrogen and oxygen atoms in total. The lowest BCUT2D eigenvalue weighted by molar-refractivity contribution is 0.997. The van der Waals surface area contributed by atoms with Gasteiger partial charge in [-0.1, -0.05) is 0 Å². The van der Waals surface area contributed by atoms with Gasteiger partial charge in [-0.15, -0.1) is 0 Å². The molecule has 0 unspecified atom stereocenters. The minimum Gasteiger partial charge on any atom is -0.311 e. The summed E-state index contributed by atoms with van der Waals surface area (Å²) in [5, 5.41) is 0. The third kappa shape index (κ3) is 1.86. The zero-order valence-electron chi connectivity index (χ0n) is 9.53. The maximum atomic E-state index is 11.6. The van der Waals surface area contributed by atoms with Crippen LogP contribution >= 0.6 is 0 Å². The number of nitrogens with zero attached hydrogens (tertiary/aromatic N) is 2. The van der Waals surface area contributed by atoms with Crippen molar-refractivity contribution in [3.8, 4) is 11.3 Å². The fourth-order valence-electron chi connectivity index (χ4n) is 1.53. The van der Waals surface area contributed by atoms with Crippen LogP contribution < -0.4 is 5.56 Å². The molecule has 16 heavy (non-hydrogen) atoms. The first-order chi connectivity index (χ1) is 7.58. The Labute approximate surface area is 93.4 Å². The monoisotopic (exact) mass is 215 g/mol. The molecule has 0 aliphatic rings. The van der Waals surface area contributed by atoms with Crippen LogP contribution in [0.3, 0.4) is 0 Å². The van der Waals surface area contributed by atoms with Crippen molar-refractivity contribution in [2.45, 2.75) is 20.8 Å². The van der Waals surface area contributed by atoms with E-state index in [1.165, 1.54) is 0 Å². The summed E-state index contributed by atoms with van der Waals surface area (Å²) in [7, 11) is 0. The summed E-state index contributed by atoms with van der Waals surface area (Å²) in [5.41, 5.74) is 3.05. The molecule has 0 spiro atoms. The first-order valence-electron chi connectivity index (χ1n) is 5.08. The van der Waals surface area contributed by atoms with E-state index in [-0.39, 0.29) is 5.56 Å². The van der Waals surface area contributed by atoms with Crippen LogP contribution in [0.25, 0.3) is 11.3 Å². The van der Waals surface area contributed by atoms with Crippen molar-refractivity contribution in [2.24, 2.45) is 0 Å². The van der Waals surface area contributed by atoms with Crippen molar-refractivity contribution in [1.29, 1.82) is 0 Å². The Balaban J connectivity index is 2.64. The van der Waals surface area contributed by atoms with Gasteiger partial charge in [-0.2, -0.15) is 0 Å². The van der Waals surface area contributed by atoms with E-state index >= 15 is 0 Å². The van der Waals surface area contributed by atoms with Gasteiger partial charge in [0.05, 0.1) is 5.69 Å². The largest absolute Gasteiger partial charge is 0.311 e. The van der Waals surface area contributed by atoms with Crippen molar-refractivity contribution < 1.29 is 0 Å². The number of aromatic nitrogens is 3. The smallest absolute Gasteiger partial charge is 0.254 e. The average molecular weight is 215 g/mol. The predicted molar refractivity (Wildman–Crippen MR) is 62.3 cm³/mol. The van der Waals surface area contributed by atoms with E-state index < -0.39 is 0 Å². The van der Waals surface area contributed by atoms with Gasteiger partial charge in [-0.25, -0.2) is 4.98 Å². The van der Waals surface area contributed by atoms with Crippen LogP contribution in [0.2, 0.25) is 0 Å². The summed E-state index contributed by atoms with van der Waals surface area (Å²) in [6, 6.07) is 3.84. The summed E-state index contributed by atoms with van der Waals surface area (Å²) >= 11 is 0. The minimum absolute atomic E-state index is 0.0944. The van der Waals surface area contributed by atoms with Crippen LogP contribution in [0.1, 0.15) is 17.1 Å². The molecule has 4 heteroatoms. The third-order valence-corrected chi connectivity index (χ3v) is 2.45. The van der Waals surface area contributed by atoms with E-state index in [1.807, 2.05) is 19.1 Å². The van der Waals surface area contributed by atoms with Crippen molar-refractivity contribution in [3.63, 3.8) is 0 Å². The number of nitrogens with one attached hydrogen (secondary N) is 1. The maximum Gasteiger partial charge on any atom is 0.254 e. The molecule has 0 amide bonds. The van der Waals surface area contributed by atoms with Gasteiger partial charge in [0.25, 0.3) is 5.56 Å². The first kappa shape index (κ1) is 10.5. The van der Waals surface area contributed by atoms with Gasteiger partial charge in [-0.3, -0.25) is 9.78 Å². The fourth-order valence-corrected chi connectivity index (χ4v) is 1.53. The van der Waals surface area contributed by atoms with Crippen molar-refractivity contribution >= 4 is 0 Å². The van der Waals surface area contributed by atoms with Gasteiger partial charge in [-0.05, 0) is 32.9 Å². The fraction of sp³-hybridized carbons (Fsp3) is 0.250. The Bertz CT molecular complexity index is 570. The van der Waals surface area contributed by atoms with Crippen LogP contribution in [-0.4, -0.2) is 15.0 Å².